The van der Waals surface area contributed by atoms with E-state index in [0.717, 1.165) is 50.9 Å². The van der Waals surface area contributed by atoms with Crippen molar-refractivity contribution in [2.75, 3.05) is 67.3 Å². The molecular formula is C61H98N2O14. The van der Waals surface area contributed by atoms with Crippen LogP contribution in [0.4, 0.5) is 0 Å². The van der Waals surface area contributed by atoms with Gasteiger partial charge in [0, 0.05) is 71.6 Å². The van der Waals surface area contributed by atoms with Crippen LogP contribution in [0, 0.1) is 35.5 Å². The average Bonchev–Trinajstić information content (AvgIpc) is 3.43. The van der Waals surface area contributed by atoms with E-state index in [1.54, 1.807) is 41.1 Å². The number of piperidine rings is 2. The van der Waals surface area contributed by atoms with Gasteiger partial charge in [0.2, 0.25) is 5.79 Å². The number of cyclic esters (lactones) is 1. The van der Waals surface area contributed by atoms with Crippen molar-refractivity contribution in [1.82, 2.24) is 9.80 Å². The molecule has 436 valence electrons. The Hall–Kier alpha value is -3.45. The van der Waals surface area contributed by atoms with Crippen LogP contribution in [0.3, 0.4) is 0 Å². The van der Waals surface area contributed by atoms with E-state index >= 15 is 0 Å². The van der Waals surface area contributed by atoms with Crippen LogP contribution in [0.2, 0.25) is 0 Å². The second-order valence-corrected chi connectivity index (χ2v) is 23.3. The van der Waals surface area contributed by atoms with Crippen LogP contribution in [-0.2, 0) is 57.1 Å². The smallest absolute Gasteiger partial charge is 0.329 e. The number of rotatable bonds is 14. The number of hydrogen-bond acceptors (Lipinski definition) is 15. The van der Waals surface area contributed by atoms with Crippen LogP contribution in [-0.4, -0.2) is 171 Å². The summed E-state index contributed by atoms with van der Waals surface area (Å²) < 4.78 is 42.3. The molecule has 1 aliphatic carbocycles. The molecule has 0 radical (unpaired) electrons. The number of esters is 1. The second-order valence-electron chi connectivity index (χ2n) is 23.3. The van der Waals surface area contributed by atoms with Crippen molar-refractivity contribution in [3.8, 4) is 0 Å². The number of Topliss-reactive ketones (excluding diaryl/α,β-unsaturated/α-hetero) is 3. The predicted octanol–water partition coefficient (Wildman–Crippen LogP) is 8.10. The number of methoxy groups -OCH3 is 3. The maximum atomic E-state index is 14.7. The minimum atomic E-state index is -2.45. The van der Waals surface area contributed by atoms with Gasteiger partial charge in [0.05, 0.1) is 37.6 Å². The monoisotopic (exact) mass is 1080 g/mol. The highest BCUT2D eigenvalue weighted by Crippen LogP contribution is 2.38. The van der Waals surface area contributed by atoms with Crippen molar-refractivity contribution in [2.24, 2.45) is 35.5 Å². The van der Waals surface area contributed by atoms with E-state index in [1.165, 1.54) is 31.3 Å². The van der Waals surface area contributed by atoms with Crippen molar-refractivity contribution in [1.29, 1.82) is 0 Å². The summed E-state index contributed by atoms with van der Waals surface area (Å²) in [6, 6.07) is -1.14. The van der Waals surface area contributed by atoms with Gasteiger partial charge in [-0.1, -0.05) is 77.5 Å². The Labute approximate surface area is 461 Å². The molecule has 77 heavy (non-hydrogen) atoms. The Morgan fingerprint density at radius 3 is 2.23 bits per heavy atom. The third-order valence-corrected chi connectivity index (χ3v) is 17.2. The SMILES string of the molecule is COCCO[C@H]1C[C@@H]2CC[C@@H](C)[C@@](O)(O2)C(=O)C(=O)N2CCCC[C@H]2C(=O)O[C@H]([C@H](C)C[C@@H]2CC[C@@H](OCCCN3CCCCC3)[C@H](OC)C2)CC(=O)[C@H](C)/C=C(\C)[C@@H](O)[C@@H](OC)C(=O)[C@H](C)C[C@H](C)/C=C/C=C/C=C/1C. The van der Waals surface area contributed by atoms with E-state index in [4.69, 9.17) is 33.2 Å². The molecule has 0 spiro atoms. The highest BCUT2D eigenvalue weighted by atomic mass is 16.6. The largest absolute Gasteiger partial charge is 0.460 e. The molecule has 4 fully saturated rings. The number of ether oxygens (including phenoxy) is 7. The number of allylic oxidation sites excluding steroid dienone is 6. The average molecular weight is 1080 g/mol. The fourth-order valence-corrected chi connectivity index (χ4v) is 12.2. The molecule has 15 atom stereocenters. The van der Waals surface area contributed by atoms with Crippen LogP contribution in [0.5, 0.6) is 0 Å². The summed E-state index contributed by atoms with van der Waals surface area (Å²) in [6.07, 6.45) is 17.3. The highest BCUT2D eigenvalue weighted by Gasteiger charge is 2.53. The lowest BCUT2D eigenvalue weighted by molar-refractivity contribution is -0.266. The summed E-state index contributed by atoms with van der Waals surface area (Å²) in [7, 11) is 4.70. The minimum Gasteiger partial charge on any atom is -0.460 e. The lowest BCUT2D eigenvalue weighted by Crippen LogP contribution is -2.61. The molecule has 4 heterocycles. The van der Waals surface area contributed by atoms with Gasteiger partial charge in [0.25, 0.3) is 11.7 Å². The molecule has 5 aliphatic rings. The van der Waals surface area contributed by atoms with Crippen molar-refractivity contribution in [3.05, 3.63) is 47.6 Å². The fraction of sp³-hybridized carbons (Fsp3) is 0.787. The van der Waals surface area contributed by atoms with Crippen molar-refractivity contribution < 1.29 is 67.3 Å². The van der Waals surface area contributed by atoms with Crippen LogP contribution in [0.25, 0.3) is 0 Å². The highest BCUT2D eigenvalue weighted by molar-refractivity contribution is 6.39. The Balaban J connectivity index is 1.42. The Kier molecular flexibility index (Phi) is 26.8. The fourth-order valence-electron chi connectivity index (χ4n) is 12.2. The van der Waals surface area contributed by atoms with E-state index < -0.39 is 77.8 Å². The molecule has 16 heteroatoms. The lowest BCUT2D eigenvalue weighted by atomic mass is 9.78. The second kappa shape index (κ2) is 32.1. The normalized spacial score (nSPS) is 37.4. The molecule has 16 nitrogen and oxygen atoms in total. The topological polar surface area (TPSA) is 197 Å². The number of fused-ring (bicyclic) bond motifs is 3. The zero-order valence-corrected chi connectivity index (χ0v) is 48.5. The van der Waals surface area contributed by atoms with Gasteiger partial charge in [-0.25, -0.2) is 4.79 Å². The van der Waals surface area contributed by atoms with E-state index in [-0.39, 0.29) is 73.9 Å². The summed E-state index contributed by atoms with van der Waals surface area (Å²) in [5.41, 5.74) is 1.27. The third-order valence-electron chi connectivity index (χ3n) is 17.2. The maximum absolute atomic E-state index is 14.7. The van der Waals surface area contributed by atoms with Gasteiger partial charge in [0.15, 0.2) is 5.78 Å². The van der Waals surface area contributed by atoms with E-state index in [1.807, 2.05) is 58.1 Å². The number of aliphatic hydroxyl groups is 2. The first-order chi connectivity index (χ1) is 36.8. The predicted molar refractivity (Wildman–Crippen MR) is 295 cm³/mol. The first-order valence-corrected chi connectivity index (χ1v) is 29.2. The quantitative estimate of drug-likeness (QED) is 0.0732. The molecule has 0 unspecified atom stereocenters. The van der Waals surface area contributed by atoms with E-state index in [2.05, 4.69) is 4.90 Å². The molecule has 2 bridgehead atoms. The molecule has 0 aromatic carbocycles. The maximum Gasteiger partial charge on any atom is 0.329 e. The molecule has 3 saturated heterocycles. The van der Waals surface area contributed by atoms with E-state index in [0.29, 0.717) is 57.3 Å². The Morgan fingerprint density at radius 1 is 0.779 bits per heavy atom. The van der Waals surface area contributed by atoms with Crippen LogP contribution >= 0.6 is 0 Å². The summed E-state index contributed by atoms with van der Waals surface area (Å²) in [5, 5.41) is 23.7. The lowest BCUT2D eigenvalue weighted by Gasteiger charge is -2.43. The number of nitrogens with zero attached hydrogens (tertiary/aromatic N) is 2. The number of hydrogen-bond donors (Lipinski definition) is 2. The number of ketones is 3. The summed E-state index contributed by atoms with van der Waals surface area (Å²) in [5.74, 6) is -7.85. The molecule has 1 amide bonds. The summed E-state index contributed by atoms with van der Waals surface area (Å²) in [4.78, 5) is 75.6. The van der Waals surface area contributed by atoms with Crippen LogP contribution in [0.15, 0.2) is 47.6 Å². The van der Waals surface area contributed by atoms with Gasteiger partial charge in [-0.15, -0.1) is 0 Å². The van der Waals surface area contributed by atoms with Crippen molar-refractivity contribution in [3.63, 3.8) is 0 Å². The van der Waals surface area contributed by atoms with Gasteiger partial charge in [0.1, 0.15) is 30.1 Å². The zero-order valence-electron chi connectivity index (χ0n) is 48.5. The number of amides is 1. The van der Waals surface area contributed by atoms with Crippen molar-refractivity contribution >= 4 is 29.2 Å². The first kappa shape index (κ1) is 64.4. The number of carbonyl (C=O) groups is 5. The molecule has 4 aliphatic heterocycles. The van der Waals surface area contributed by atoms with Crippen LogP contribution < -0.4 is 0 Å². The number of aliphatic hydroxyl groups excluding tert-OH is 1. The molecule has 1 saturated carbocycles. The Morgan fingerprint density at radius 2 is 1.52 bits per heavy atom. The van der Waals surface area contributed by atoms with Gasteiger partial charge >= 0.3 is 5.97 Å². The molecule has 2 N–H and O–H groups in total. The van der Waals surface area contributed by atoms with Crippen molar-refractivity contribution in [2.45, 2.75) is 206 Å². The molecular weight excluding hydrogens is 985 g/mol. The molecule has 5 rings (SSSR count). The Bertz CT molecular complexity index is 2020. The molecule has 0 aromatic heterocycles. The molecule has 0 aromatic rings. The first-order valence-electron chi connectivity index (χ1n) is 29.2. The minimum absolute atomic E-state index is 0.00711. The van der Waals surface area contributed by atoms with E-state index in [9.17, 15) is 34.2 Å². The van der Waals surface area contributed by atoms with Gasteiger partial charge < -0.3 is 53.2 Å². The summed E-state index contributed by atoms with van der Waals surface area (Å²) >= 11 is 0. The number of carbonyl (C=O) groups excluding carboxylic acids is 5. The standard InChI is InChI=1S/C61H98N2O14/c1-40-20-13-11-14-21-41(2)52(75-33-32-71-8)38-48-25-23-46(7)61(70,77-48)58(67)59(68)63-30-18-15-22-49(63)60(69)76-53(39-50(64)42(3)35-45(6)56(66)57(73-10)55(65)44(5)34-40)43(4)36-47-24-26-51(54(37-47)72-9)74-31-19-29-62-27-16-12-17-28-62/h11,13-14,20-21,35,40,42-44,46-49,51-54,56-57,66,70H,12,15-19,22-34,36-39H2,1-10H3/b14-11+,20-13+,41-21+,45-35+/t40-,42-,43-,44-,46-,47+,48+,49+,51-,52+,53+,54-,56-,57+,61-/m1/s1. The van der Waals surface area contributed by atoms with Gasteiger partial charge in [-0.05, 0) is 139 Å². The van der Waals surface area contributed by atoms with Crippen LogP contribution in [0.1, 0.15) is 151 Å². The summed E-state index contributed by atoms with van der Waals surface area (Å²) in [6.45, 7) is 17.6. The zero-order chi connectivity index (χ0) is 56.2. The van der Waals surface area contributed by atoms with Gasteiger partial charge in [-0.3, -0.25) is 19.2 Å². The van der Waals surface area contributed by atoms with Gasteiger partial charge in [-0.2, -0.15) is 0 Å². The third kappa shape index (κ3) is 18.8. The number of likely N-dealkylation sites (tertiary alicyclic amines) is 1.